The lowest BCUT2D eigenvalue weighted by Crippen LogP contribution is -2.66. The maximum atomic E-state index is 12.8. The SMILES string of the molecule is CC1CC[C@@]2(OC1)O[C@H]1C[C@H]3[C@@H]4CC=C5C[C@@H](O[C@@H]6O[C@H](CO)[C@@H](O[C@@H]7O[C@@H](C)[C@H](O)[C@@H](O)[C@H]7O)[C@H](O)[C@H]6O[C@@H]6O[C@@H](C)[C@H](O)[C@@H](O)[C@H]6O)CC[C@]5(C)[C@H]4CC[C@]3(C)[C@@]1(O)[C@@H]2C. The molecule has 8 fully saturated rings. The highest BCUT2D eigenvalue weighted by atomic mass is 16.8. The Labute approximate surface area is 363 Å². The van der Waals surface area contributed by atoms with E-state index in [0.717, 1.165) is 44.9 Å². The average Bonchev–Trinajstić information content (AvgIpc) is 3.60. The molecule has 0 bridgehead atoms. The first-order valence-electron chi connectivity index (χ1n) is 23.3. The molecule has 0 amide bonds. The summed E-state index contributed by atoms with van der Waals surface area (Å²) in [4.78, 5) is 0. The summed E-state index contributed by atoms with van der Waals surface area (Å²) in [5.74, 6) is 0.684. The molecule has 9 rings (SSSR count). The third-order valence-corrected chi connectivity index (χ3v) is 17.9. The van der Waals surface area contributed by atoms with Crippen molar-refractivity contribution >= 4 is 0 Å². The van der Waals surface area contributed by atoms with Gasteiger partial charge in [0, 0.05) is 17.8 Å². The van der Waals surface area contributed by atoms with Crippen LogP contribution in [0.15, 0.2) is 11.6 Å². The molecule has 0 aromatic heterocycles. The molecule has 5 aliphatic heterocycles. The topological polar surface area (TPSA) is 256 Å². The van der Waals surface area contributed by atoms with Gasteiger partial charge in [0.05, 0.1) is 37.6 Å². The first-order chi connectivity index (χ1) is 29.3. The van der Waals surface area contributed by atoms with Crippen molar-refractivity contribution in [1.82, 2.24) is 0 Å². The molecule has 354 valence electrons. The number of hydrogen-bond donors (Lipinski definition) is 9. The smallest absolute Gasteiger partial charge is 0.187 e. The van der Waals surface area contributed by atoms with Crippen molar-refractivity contribution in [2.45, 2.75) is 215 Å². The van der Waals surface area contributed by atoms with Crippen molar-refractivity contribution in [3.05, 3.63) is 11.6 Å². The fourth-order valence-corrected chi connectivity index (χ4v) is 13.9. The van der Waals surface area contributed by atoms with E-state index < -0.39 is 116 Å². The van der Waals surface area contributed by atoms with Gasteiger partial charge in [0.25, 0.3) is 0 Å². The van der Waals surface area contributed by atoms with Crippen LogP contribution in [0.4, 0.5) is 0 Å². The van der Waals surface area contributed by atoms with E-state index in [-0.39, 0.29) is 22.9 Å². The van der Waals surface area contributed by atoms with E-state index in [1.807, 2.05) is 0 Å². The standard InChI is InChI=1S/C45H72O17/c1-19-9-14-44(55-18-19)22(4)45(54)29(62-44)16-27-25-8-7-23-15-24(10-12-42(23,5)26(25)11-13-43(27,45)6)58-41-38(61-40-35(52)33(50)31(48)21(3)57-40)36(53)37(28(17-46)59-41)60-39-34(51)32(49)30(47)20(2)56-39/h7,19-22,24-41,46-54H,8-18H2,1-6H3/t19?,20-,21-,22+,24-,25+,26-,27-,28+,29-,30-,31-,32+,33+,34+,35+,36-,37+,38+,39-,40-,41+,42-,43-,44+,45+/m0/s1. The van der Waals surface area contributed by atoms with Gasteiger partial charge in [-0.25, -0.2) is 0 Å². The quantitative estimate of drug-likeness (QED) is 0.157. The minimum absolute atomic E-state index is 0.112. The summed E-state index contributed by atoms with van der Waals surface area (Å²) in [6, 6.07) is 0. The van der Waals surface area contributed by atoms with Crippen LogP contribution >= 0.6 is 0 Å². The van der Waals surface area contributed by atoms with Gasteiger partial charge in [0.1, 0.15) is 66.6 Å². The summed E-state index contributed by atoms with van der Waals surface area (Å²) in [6.45, 7) is 12.0. The van der Waals surface area contributed by atoms with Crippen molar-refractivity contribution in [1.29, 1.82) is 0 Å². The van der Waals surface area contributed by atoms with Gasteiger partial charge in [-0.3, -0.25) is 0 Å². The second-order valence-corrected chi connectivity index (χ2v) is 21.2. The molecule has 9 aliphatic rings. The maximum absolute atomic E-state index is 12.8. The van der Waals surface area contributed by atoms with Crippen LogP contribution in [0.3, 0.4) is 0 Å². The molecule has 4 aliphatic carbocycles. The molecule has 5 saturated heterocycles. The van der Waals surface area contributed by atoms with Crippen LogP contribution in [0.1, 0.15) is 99.3 Å². The van der Waals surface area contributed by atoms with Crippen molar-refractivity contribution in [2.75, 3.05) is 13.2 Å². The molecule has 17 nitrogen and oxygen atoms in total. The number of ether oxygens (including phenoxy) is 8. The van der Waals surface area contributed by atoms with Gasteiger partial charge >= 0.3 is 0 Å². The number of allylic oxidation sites excluding steroid dienone is 1. The van der Waals surface area contributed by atoms with Crippen molar-refractivity contribution < 1.29 is 83.9 Å². The fourth-order valence-electron chi connectivity index (χ4n) is 13.9. The Bertz CT molecular complexity index is 1640. The molecular formula is C45H72O17. The van der Waals surface area contributed by atoms with Gasteiger partial charge in [-0.05, 0) is 94.3 Å². The highest BCUT2D eigenvalue weighted by Crippen LogP contribution is 2.72. The van der Waals surface area contributed by atoms with Gasteiger partial charge in [-0.2, -0.15) is 0 Å². The third kappa shape index (κ3) is 7.05. The Morgan fingerprint density at radius 2 is 1.34 bits per heavy atom. The molecule has 0 radical (unpaired) electrons. The molecular weight excluding hydrogens is 812 g/mol. The van der Waals surface area contributed by atoms with Crippen LogP contribution in [-0.2, 0) is 37.9 Å². The molecule has 9 N–H and O–H groups in total. The lowest BCUT2D eigenvalue weighted by atomic mass is 9.46. The van der Waals surface area contributed by atoms with E-state index in [0.29, 0.717) is 43.1 Å². The Hall–Kier alpha value is -0.940. The van der Waals surface area contributed by atoms with Crippen LogP contribution in [-0.4, -0.2) is 175 Å². The third-order valence-electron chi connectivity index (χ3n) is 17.9. The van der Waals surface area contributed by atoms with Crippen LogP contribution in [0, 0.1) is 40.4 Å². The molecule has 5 heterocycles. The predicted octanol–water partition coefficient (Wildman–Crippen LogP) is 0.357. The molecule has 1 spiro atoms. The molecule has 3 saturated carbocycles. The average molecular weight is 885 g/mol. The largest absolute Gasteiger partial charge is 0.394 e. The summed E-state index contributed by atoms with van der Waals surface area (Å²) in [7, 11) is 0. The summed E-state index contributed by atoms with van der Waals surface area (Å²) < 4.78 is 49.8. The zero-order valence-corrected chi connectivity index (χ0v) is 36.8. The number of hydrogen-bond acceptors (Lipinski definition) is 17. The summed E-state index contributed by atoms with van der Waals surface area (Å²) >= 11 is 0. The predicted molar refractivity (Wildman–Crippen MR) is 214 cm³/mol. The van der Waals surface area contributed by atoms with E-state index >= 15 is 0 Å². The second-order valence-electron chi connectivity index (χ2n) is 21.2. The lowest BCUT2D eigenvalue weighted by Gasteiger charge is -2.60. The highest BCUT2D eigenvalue weighted by Gasteiger charge is 2.76. The Morgan fingerprint density at radius 1 is 0.694 bits per heavy atom. The number of aliphatic hydroxyl groups excluding tert-OH is 8. The molecule has 1 unspecified atom stereocenters. The lowest BCUT2D eigenvalue weighted by molar-refractivity contribution is -0.388. The van der Waals surface area contributed by atoms with Gasteiger partial charge < -0.3 is 83.9 Å². The minimum Gasteiger partial charge on any atom is -0.394 e. The van der Waals surface area contributed by atoms with Gasteiger partial charge in [0.15, 0.2) is 24.7 Å². The van der Waals surface area contributed by atoms with Crippen LogP contribution in [0.25, 0.3) is 0 Å². The molecule has 0 aromatic rings. The normalized spacial score (nSPS) is 58.9. The summed E-state index contributed by atoms with van der Waals surface area (Å²) in [6.07, 6.45) is -12.6. The summed E-state index contributed by atoms with van der Waals surface area (Å²) in [5, 5.41) is 98.7. The van der Waals surface area contributed by atoms with Gasteiger partial charge in [0.2, 0.25) is 0 Å². The second kappa shape index (κ2) is 16.7. The number of aliphatic hydroxyl groups is 9. The first kappa shape index (κ1) is 46.2. The van der Waals surface area contributed by atoms with E-state index in [1.54, 1.807) is 0 Å². The first-order valence-corrected chi connectivity index (χ1v) is 23.3. The number of rotatable bonds is 7. The minimum atomic E-state index is -1.72. The monoisotopic (exact) mass is 884 g/mol. The van der Waals surface area contributed by atoms with Gasteiger partial charge in [-0.1, -0.05) is 39.3 Å². The fraction of sp³-hybridized carbons (Fsp3) is 0.956. The molecule has 0 aromatic carbocycles. The van der Waals surface area contributed by atoms with E-state index in [1.165, 1.54) is 19.4 Å². The van der Waals surface area contributed by atoms with Crippen molar-refractivity contribution in [2.24, 2.45) is 40.4 Å². The Balaban J connectivity index is 0.924. The van der Waals surface area contributed by atoms with Crippen LogP contribution in [0.2, 0.25) is 0 Å². The van der Waals surface area contributed by atoms with E-state index in [2.05, 4.69) is 33.8 Å². The zero-order valence-electron chi connectivity index (χ0n) is 36.8. The van der Waals surface area contributed by atoms with Crippen molar-refractivity contribution in [3.8, 4) is 0 Å². The van der Waals surface area contributed by atoms with Gasteiger partial charge in [-0.15, -0.1) is 0 Å². The highest BCUT2D eigenvalue weighted by molar-refractivity contribution is 5.29. The maximum Gasteiger partial charge on any atom is 0.187 e. The number of fused-ring (bicyclic) bond motifs is 7. The van der Waals surface area contributed by atoms with Crippen LogP contribution < -0.4 is 0 Å². The van der Waals surface area contributed by atoms with E-state index in [9.17, 15) is 46.0 Å². The zero-order chi connectivity index (χ0) is 44.4. The Morgan fingerprint density at radius 3 is 1.95 bits per heavy atom. The summed E-state index contributed by atoms with van der Waals surface area (Å²) in [5.41, 5.74) is -0.108. The van der Waals surface area contributed by atoms with Crippen molar-refractivity contribution in [3.63, 3.8) is 0 Å². The Kier molecular flexibility index (Phi) is 12.4. The molecule has 26 atom stereocenters. The van der Waals surface area contributed by atoms with E-state index in [4.69, 9.17) is 37.9 Å². The van der Waals surface area contributed by atoms with Crippen LogP contribution in [0.5, 0.6) is 0 Å². The molecule has 62 heavy (non-hydrogen) atoms. The molecule has 17 heteroatoms.